The predicted molar refractivity (Wildman–Crippen MR) is 66.1 cm³/mol. The SMILES string of the molecule is CC1CN(C(=O)c2c(O)cccc2F)CCN1C. The Kier molecular flexibility index (Phi) is 3.52. The summed E-state index contributed by atoms with van der Waals surface area (Å²) in [4.78, 5) is 15.9. The Morgan fingerprint density at radius 1 is 1.44 bits per heavy atom. The molecule has 1 N–H and O–H groups in total. The number of benzene rings is 1. The van der Waals surface area contributed by atoms with E-state index in [0.717, 1.165) is 6.54 Å². The number of aromatic hydroxyl groups is 1. The Hall–Kier alpha value is -1.62. The van der Waals surface area contributed by atoms with Gasteiger partial charge in [-0.15, -0.1) is 0 Å². The van der Waals surface area contributed by atoms with Gasteiger partial charge in [-0.2, -0.15) is 0 Å². The molecule has 0 aliphatic carbocycles. The van der Waals surface area contributed by atoms with Gasteiger partial charge < -0.3 is 14.9 Å². The van der Waals surface area contributed by atoms with Crippen LogP contribution < -0.4 is 0 Å². The number of phenolic OH excluding ortho intramolecular Hbond substituents is 1. The van der Waals surface area contributed by atoms with Crippen LogP contribution in [0.25, 0.3) is 0 Å². The molecule has 0 spiro atoms. The molecule has 1 saturated heterocycles. The Bertz CT molecular complexity index is 444. The van der Waals surface area contributed by atoms with Crippen molar-refractivity contribution in [2.45, 2.75) is 13.0 Å². The Labute approximate surface area is 106 Å². The van der Waals surface area contributed by atoms with E-state index in [0.29, 0.717) is 13.1 Å². The largest absolute Gasteiger partial charge is 0.507 e. The topological polar surface area (TPSA) is 43.8 Å². The van der Waals surface area contributed by atoms with Crippen molar-refractivity contribution in [3.63, 3.8) is 0 Å². The number of nitrogens with zero attached hydrogens (tertiary/aromatic N) is 2. The van der Waals surface area contributed by atoms with Gasteiger partial charge in [-0.25, -0.2) is 4.39 Å². The zero-order valence-electron chi connectivity index (χ0n) is 10.6. The van der Waals surface area contributed by atoms with Gasteiger partial charge in [-0.05, 0) is 26.1 Å². The Morgan fingerprint density at radius 2 is 2.17 bits per heavy atom. The minimum absolute atomic E-state index is 0.228. The summed E-state index contributed by atoms with van der Waals surface area (Å²) in [6.45, 7) is 3.86. The summed E-state index contributed by atoms with van der Waals surface area (Å²) in [5.41, 5.74) is -0.228. The lowest BCUT2D eigenvalue weighted by molar-refractivity contribution is 0.0565. The molecule has 1 aromatic rings. The van der Waals surface area contributed by atoms with E-state index in [1.54, 1.807) is 4.90 Å². The lowest BCUT2D eigenvalue weighted by atomic mass is 10.1. The van der Waals surface area contributed by atoms with E-state index in [4.69, 9.17) is 0 Å². The highest BCUT2D eigenvalue weighted by Gasteiger charge is 2.28. The van der Waals surface area contributed by atoms with Gasteiger partial charge in [0.25, 0.3) is 5.91 Å². The lowest BCUT2D eigenvalue weighted by Crippen LogP contribution is -2.52. The summed E-state index contributed by atoms with van der Waals surface area (Å²) >= 11 is 0. The molecule has 1 aliphatic rings. The molecule has 98 valence electrons. The number of carbonyl (C=O) groups excluding carboxylic acids is 1. The number of phenols is 1. The second kappa shape index (κ2) is 4.94. The highest BCUT2D eigenvalue weighted by atomic mass is 19.1. The van der Waals surface area contributed by atoms with Gasteiger partial charge >= 0.3 is 0 Å². The predicted octanol–water partition coefficient (Wildman–Crippen LogP) is 1.31. The second-order valence-electron chi connectivity index (χ2n) is 4.71. The van der Waals surface area contributed by atoms with E-state index in [1.807, 2.05) is 14.0 Å². The summed E-state index contributed by atoms with van der Waals surface area (Å²) in [6.07, 6.45) is 0. The first-order valence-corrected chi connectivity index (χ1v) is 5.97. The fourth-order valence-electron chi connectivity index (χ4n) is 2.12. The van der Waals surface area contributed by atoms with Crippen LogP contribution in [0.2, 0.25) is 0 Å². The molecule has 0 saturated carbocycles. The van der Waals surface area contributed by atoms with Crippen LogP contribution in [0.15, 0.2) is 18.2 Å². The van der Waals surface area contributed by atoms with Gasteiger partial charge in [0.05, 0.1) is 0 Å². The molecule has 2 rings (SSSR count). The Morgan fingerprint density at radius 3 is 2.78 bits per heavy atom. The van der Waals surface area contributed by atoms with Crippen molar-refractivity contribution in [1.29, 1.82) is 0 Å². The minimum Gasteiger partial charge on any atom is -0.507 e. The van der Waals surface area contributed by atoms with Crippen molar-refractivity contribution in [3.05, 3.63) is 29.6 Å². The molecule has 0 bridgehead atoms. The maximum atomic E-state index is 13.6. The third-order valence-electron chi connectivity index (χ3n) is 3.45. The molecule has 18 heavy (non-hydrogen) atoms. The molecule has 1 aromatic carbocycles. The first kappa shape index (κ1) is 12.8. The fraction of sp³-hybridized carbons (Fsp3) is 0.462. The molecule has 1 aliphatic heterocycles. The molecule has 1 fully saturated rings. The van der Waals surface area contributed by atoms with Crippen LogP contribution >= 0.6 is 0 Å². The van der Waals surface area contributed by atoms with E-state index >= 15 is 0 Å². The summed E-state index contributed by atoms with van der Waals surface area (Å²) in [6, 6.07) is 4.13. The highest BCUT2D eigenvalue weighted by Crippen LogP contribution is 2.22. The van der Waals surface area contributed by atoms with Gasteiger partial charge in [0, 0.05) is 25.7 Å². The monoisotopic (exact) mass is 252 g/mol. The molecular formula is C13H17FN2O2. The van der Waals surface area contributed by atoms with Crippen molar-refractivity contribution >= 4 is 5.91 Å². The molecule has 1 heterocycles. The first-order valence-electron chi connectivity index (χ1n) is 5.97. The number of carbonyl (C=O) groups is 1. The van der Waals surface area contributed by atoms with Crippen LogP contribution in [0.3, 0.4) is 0 Å². The minimum atomic E-state index is -0.674. The quantitative estimate of drug-likeness (QED) is 0.819. The van der Waals surface area contributed by atoms with Crippen LogP contribution in [0, 0.1) is 5.82 Å². The zero-order chi connectivity index (χ0) is 13.3. The summed E-state index contributed by atoms with van der Waals surface area (Å²) in [5, 5.41) is 9.61. The van der Waals surface area contributed by atoms with Crippen LogP contribution in [-0.2, 0) is 0 Å². The molecule has 1 atom stereocenters. The summed E-state index contributed by atoms with van der Waals surface area (Å²) < 4.78 is 13.6. The molecule has 1 amide bonds. The molecule has 5 heteroatoms. The number of likely N-dealkylation sites (N-methyl/N-ethyl adjacent to an activating group) is 1. The van der Waals surface area contributed by atoms with E-state index in [2.05, 4.69) is 4.90 Å². The van der Waals surface area contributed by atoms with Crippen LogP contribution in [-0.4, -0.2) is 53.5 Å². The van der Waals surface area contributed by atoms with Crippen LogP contribution in [0.5, 0.6) is 5.75 Å². The average Bonchev–Trinajstić information content (AvgIpc) is 2.32. The summed E-state index contributed by atoms with van der Waals surface area (Å²) in [5.74, 6) is -1.41. The normalized spacial score (nSPS) is 21.1. The average molecular weight is 252 g/mol. The molecular weight excluding hydrogens is 235 g/mol. The van der Waals surface area contributed by atoms with Crippen LogP contribution in [0.4, 0.5) is 4.39 Å². The summed E-state index contributed by atoms with van der Waals surface area (Å²) in [7, 11) is 1.99. The smallest absolute Gasteiger partial charge is 0.260 e. The zero-order valence-corrected chi connectivity index (χ0v) is 10.6. The molecule has 4 nitrogen and oxygen atoms in total. The van der Waals surface area contributed by atoms with Gasteiger partial charge in [0.1, 0.15) is 17.1 Å². The van der Waals surface area contributed by atoms with Crippen molar-refractivity contribution in [2.24, 2.45) is 0 Å². The number of amides is 1. The third kappa shape index (κ3) is 2.31. The number of hydrogen-bond acceptors (Lipinski definition) is 3. The van der Waals surface area contributed by atoms with E-state index in [9.17, 15) is 14.3 Å². The highest BCUT2D eigenvalue weighted by molar-refractivity contribution is 5.97. The molecule has 0 radical (unpaired) electrons. The van der Waals surface area contributed by atoms with Crippen molar-refractivity contribution in [1.82, 2.24) is 9.80 Å². The Balaban J connectivity index is 2.22. The first-order chi connectivity index (χ1) is 8.50. The number of rotatable bonds is 1. The van der Waals surface area contributed by atoms with Gasteiger partial charge in [-0.1, -0.05) is 6.07 Å². The van der Waals surface area contributed by atoms with Crippen molar-refractivity contribution < 1.29 is 14.3 Å². The van der Waals surface area contributed by atoms with Gasteiger partial charge in [-0.3, -0.25) is 4.79 Å². The lowest BCUT2D eigenvalue weighted by Gasteiger charge is -2.37. The van der Waals surface area contributed by atoms with Gasteiger partial charge in [0.2, 0.25) is 0 Å². The maximum absolute atomic E-state index is 13.6. The standard InChI is InChI=1S/C13H17FN2O2/c1-9-8-16(7-6-15(9)2)13(18)12-10(14)4-3-5-11(12)17/h3-5,9,17H,6-8H2,1-2H3. The molecule has 0 aromatic heterocycles. The molecule has 1 unspecified atom stereocenters. The second-order valence-corrected chi connectivity index (χ2v) is 4.71. The third-order valence-corrected chi connectivity index (χ3v) is 3.45. The fourth-order valence-corrected chi connectivity index (χ4v) is 2.12. The van der Waals surface area contributed by atoms with Crippen molar-refractivity contribution in [2.75, 3.05) is 26.7 Å². The van der Waals surface area contributed by atoms with E-state index in [-0.39, 0.29) is 17.4 Å². The van der Waals surface area contributed by atoms with Crippen LogP contribution in [0.1, 0.15) is 17.3 Å². The maximum Gasteiger partial charge on any atom is 0.260 e. The van der Waals surface area contributed by atoms with Crippen molar-refractivity contribution in [3.8, 4) is 5.75 Å². The number of piperazine rings is 1. The number of hydrogen-bond donors (Lipinski definition) is 1. The van der Waals surface area contributed by atoms with E-state index in [1.165, 1.54) is 18.2 Å². The van der Waals surface area contributed by atoms with E-state index < -0.39 is 11.7 Å². The van der Waals surface area contributed by atoms with Gasteiger partial charge in [0.15, 0.2) is 0 Å². The number of halogens is 1.